The summed E-state index contributed by atoms with van der Waals surface area (Å²) in [5.41, 5.74) is 1.61. The standard InChI is InChI=1S/C21H26ClN3O3/c1-3-5-6-7-14-24(4-2)17-10-8-16(9-11-17)23-21(26)19-15-18(25(27)28)12-13-20(19)22/h8-13,15H,3-7,14H2,1-2H3,(H,23,26). The molecule has 0 saturated carbocycles. The zero-order valence-electron chi connectivity index (χ0n) is 16.3. The van der Waals surface area contributed by atoms with Crippen LogP contribution in [0, 0.1) is 10.1 Å². The average molecular weight is 404 g/mol. The second-order valence-corrected chi connectivity index (χ2v) is 6.97. The smallest absolute Gasteiger partial charge is 0.270 e. The van der Waals surface area contributed by atoms with Crippen molar-refractivity contribution < 1.29 is 9.72 Å². The number of hydrogen-bond donors (Lipinski definition) is 1. The van der Waals surface area contributed by atoms with Gasteiger partial charge in [0.1, 0.15) is 0 Å². The number of carbonyl (C=O) groups is 1. The fourth-order valence-corrected chi connectivity index (χ4v) is 3.16. The summed E-state index contributed by atoms with van der Waals surface area (Å²) < 4.78 is 0. The topological polar surface area (TPSA) is 75.5 Å². The average Bonchev–Trinajstić information content (AvgIpc) is 2.69. The van der Waals surface area contributed by atoms with Crippen molar-refractivity contribution in [1.29, 1.82) is 0 Å². The van der Waals surface area contributed by atoms with E-state index in [2.05, 4.69) is 24.1 Å². The Hall–Kier alpha value is -2.60. The molecule has 0 bridgehead atoms. The van der Waals surface area contributed by atoms with Gasteiger partial charge in [-0.15, -0.1) is 0 Å². The molecule has 150 valence electrons. The third kappa shape index (κ3) is 5.96. The number of halogens is 1. The molecular weight excluding hydrogens is 378 g/mol. The molecule has 0 saturated heterocycles. The molecule has 0 spiro atoms. The second-order valence-electron chi connectivity index (χ2n) is 6.56. The first-order valence-corrected chi connectivity index (χ1v) is 9.94. The summed E-state index contributed by atoms with van der Waals surface area (Å²) in [5, 5.41) is 13.8. The highest BCUT2D eigenvalue weighted by Gasteiger charge is 2.16. The summed E-state index contributed by atoms with van der Waals surface area (Å²) in [6, 6.07) is 11.4. The number of non-ortho nitro benzene ring substituents is 1. The molecule has 0 aliphatic carbocycles. The zero-order chi connectivity index (χ0) is 20.5. The molecule has 0 heterocycles. The first kappa shape index (κ1) is 21.7. The highest BCUT2D eigenvalue weighted by Crippen LogP contribution is 2.24. The Bertz CT molecular complexity index is 809. The van der Waals surface area contributed by atoms with Gasteiger partial charge < -0.3 is 10.2 Å². The Kier molecular flexibility index (Phi) is 8.26. The summed E-state index contributed by atoms with van der Waals surface area (Å²) in [7, 11) is 0. The van der Waals surface area contributed by atoms with E-state index < -0.39 is 10.8 Å². The second kappa shape index (κ2) is 10.7. The summed E-state index contributed by atoms with van der Waals surface area (Å²) in [5.74, 6) is -0.478. The van der Waals surface area contributed by atoms with Crippen molar-refractivity contribution in [2.45, 2.75) is 39.5 Å². The minimum Gasteiger partial charge on any atom is -0.372 e. The van der Waals surface area contributed by atoms with E-state index in [1.165, 1.54) is 37.5 Å². The number of nitro groups is 1. The largest absolute Gasteiger partial charge is 0.372 e. The summed E-state index contributed by atoms with van der Waals surface area (Å²) in [6.07, 6.45) is 4.86. The van der Waals surface area contributed by atoms with Crippen molar-refractivity contribution >= 4 is 34.6 Å². The molecule has 2 rings (SSSR count). The van der Waals surface area contributed by atoms with Crippen LogP contribution in [0.5, 0.6) is 0 Å². The number of hydrogen-bond acceptors (Lipinski definition) is 4. The number of anilines is 2. The van der Waals surface area contributed by atoms with E-state index in [4.69, 9.17) is 11.6 Å². The maximum atomic E-state index is 12.5. The molecule has 0 aliphatic rings. The molecule has 1 N–H and O–H groups in total. The molecule has 7 heteroatoms. The van der Waals surface area contributed by atoms with Crippen LogP contribution in [0.4, 0.5) is 17.1 Å². The fourth-order valence-electron chi connectivity index (χ4n) is 2.95. The van der Waals surface area contributed by atoms with Gasteiger partial charge in [-0.2, -0.15) is 0 Å². The lowest BCUT2D eigenvalue weighted by Crippen LogP contribution is -2.23. The van der Waals surface area contributed by atoms with Crippen molar-refractivity contribution in [2.24, 2.45) is 0 Å². The highest BCUT2D eigenvalue weighted by atomic mass is 35.5. The number of amides is 1. The molecular formula is C21H26ClN3O3. The van der Waals surface area contributed by atoms with Crippen LogP contribution in [0.2, 0.25) is 5.02 Å². The monoisotopic (exact) mass is 403 g/mol. The molecule has 0 atom stereocenters. The maximum Gasteiger partial charge on any atom is 0.270 e. The molecule has 0 unspecified atom stereocenters. The number of rotatable bonds is 10. The van der Waals surface area contributed by atoms with Gasteiger partial charge in [-0.3, -0.25) is 14.9 Å². The SMILES string of the molecule is CCCCCCN(CC)c1ccc(NC(=O)c2cc([N+](=O)[O-])ccc2Cl)cc1. The molecule has 0 aliphatic heterocycles. The van der Waals surface area contributed by atoms with Crippen molar-refractivity contribution in [3.8, 4) is 0 Å². The summed E-state index contributed by atoms with van der Waals surface area (Å²) >= 11 is 6.03. The molecule has 1 amide bonds. The van der Waals surface area contributed by atoms with Gasteiger partial charge in [-0.1, -0.05) is 37.8 Å². The Morgan fingerprint density at radius 3 is 2.43 bits per heavy atom. The van der Waals surface area contributed by atoms with Crippen molar-refractivity contribution in [3.05, 3.63) is 63.2 Å². The zero-order valence-corrected chi connectivity index (χ0v) is 17.0. The summed E-state index contributed by atoms with van der Waals surface area (Å²) in [6.45, 7) is 6.25. The van der Waals surface area contributed by atoms with E-state index in [-0.39, 0.29) is 16.3 Å². The number of nitrogens with zero attached hydrogens (tertiary/aromatic N) is 2. The molecule has 2 aromatic carbocycles. The lowest BCUT2D eigenvalue weighted by Gasteiger charge is -2.23. The van der Waals surface area contributed by atoms with Gasteiger partial charge in [0, 0.05) is 36.6 Å². The number of nitro benzene ring substituents is 1. The molecule has 28 heavy (non-hydrogen) atoms. The van der Waals surface area contributed by atoms with E-state index in [9.17, 15) is 14.9 Å². The number of carbonyl (C=O) groups excluding carboxylic acids is 1. The molecule has 2 aromatic rings. The number of unbranched alkanes of at least 4 members (excludes halogenated alkanes) is 3. The molecule has 0 radical (unpaired) electrons. The van der Waals surface area contributed by atoms with Crippen LogP contribution in [-0.4, -0.2) is 23.9 Å². The van der Waals surface area contributed by atoms with Crippen molar-refractivity contribution in [3.63, 3.8) is 0 Å². The lowest BCUT2D eigenvalue weighted by molar-refractivity contribution is -0.384. The van der Waals surface area contributed by atoms with E-state index in [0.29, 0.717) is 5.69 Å². The molecule has 0 fully saturated rings. The predicted octanol–water partition coefficient (Wildman–Crippen LogP) is 5.91. The van der Waals surface area contributed by atoms with Crippen molar-refractivity contribution in [2.75, 3.05) is 23.3 Å². The van der Waals surface area contributed by atoms with Crippen LogP contribution in [0.1, 0.15) is 49.9 Å². The Morgan fingerprint density at radius 1 is 1.11 bits per heavy atom. The van der Waals surface area contributed by atoms with E-state index >= 15 is 0 Å². The fraction of sp³-hybridized carbons (Fsp3) is 0.381. The van der Waals surface area contributed by atoms with Gasteiger partial charge in [-0.25, -0.2) is 0 Å². The van der Waals surface area contributed by atoms with Crippen LogP contribution in [0.25, 0.3) is 0 Å². The Balaban J connectivity index is 2.04. The Labute approximate surface area is 170 Å². The highest BCUT2D eigenvalue weighted by molar-refractivity contribution is 6.34. The minimum atomic E-state index is -0.554. The molecule has 0 aromatic heterocycles. The van der Waals surface area contributed by atoms with E-state index in [1.807, 2.05) is 24.3 Å². The van der Waals surface area contributed by atoms with Gasteiger partial charge in [0.25, 0.3) is 11.6 Å². The lowest BCUT2D eigenvalue weighted by atomic mass is 10.1. The van der Waals surface area contributed by atoms with Crippen LogP contribution >= 0.6 is 11.6 Å². The van der Waals surface area contributed by atoms with Crippen LogP contribution in [0.15, 0.2) is 42.5 Å². The van der Waals surface area contributed by atoms with E-state index in [1.54, 1.807) is 0 Å². The van der Waals surface area contributed by atoms with E-state index in [0.717, 1.165) is 25.2 Å². The summed E-state index contributed by atoms with van der Waals surface area (Å²) in [4.78, 5) is 25.1. The third-order valence-electron chi connectivity index (χ3n) is 4.56. The predicted molar refractivity (Wildman–Crippen MR) is 115 cm³/mol. The van der Waals surface area contributed by atoms with Crippen molar-refractivity contribution in [1.82, 2.24) is 0 Å². The van der Waals surface area contributed by atoms with Crippen LogP contribution in [-0.2, 0) is 0 Å². The van der Waals surface area contributed by atoms with Gasteiger partial charge in [0.05, 0.1) is 15.5 Å². The van der Waals surface area contributed by atoms with Gasteiger partial charge in [0.15, 0.2) is 0 Å². The van der Waals surface area contributed by atoms with Gasteiger partial charge >= 0.3 is 0 Å². The minimum absolute atomic E-state index is 0.0750. The van der Waals surface area contributed by atoms with Gasteiger partial charge in [-0.05, 0) is 43.7 Å². The quantitative estimate of drug-likeness (QED) is 0.304. The molecule has 6 nitrogen and oxygen atoms in total. The van der Waals surface area contributed by atoms with Gasteiger partial charge in [0.2, 0.25) is 0 Å². The number of benzene rings is 2. The first-order chi connectivity index (χ1) is 13.5. The normalized spacial score (nSPS) is 10.5. The number of nitrogens with one attached hydrogen (secondary N) is 1. The Morgan fingerprint density at radius 2 is 1.82 bits per heavy atom. The van der Waals surface area contributed by atoms with Crippen LogP contribution in [0.3, 0.4) is 0 Å². The first-order valence-electron chi connectivity index (χ1n) is 9.56. The third-order valence-corrected chi connectivity index (χ3v) is 4.89. The van der Waals surface area contributed by atoms with Crippen LogP contribution < -0.4 is 10.2 Å². The maximum absolute atomic E-state index is 12.5.